The molecule has 0 bridgehead atoms. The van der Waals surface area contributed by atoms with Crippen LogP contribution in [0.3, 0.4) is 0 Å². The van der Waals surface area contributed by atoms with Gasteiger partial charge in [0.2, 0.25) is 0 Å². The molecule has 0 amide bonds. The lowest BCUT2D eigenvalue weighted by molar-refractivity contribution is -0.151. The predicted molar refractivity (Wildman–Crippen MR) is 49.4 cm³/mol. The van der Waals surface area contributed by atoms with Gasteiger partial charge in [0.25, 0.3) is 0 Å². The highest BCUT2D eigenvalue weighted by molar-refractivity contribution is 5.99. The van der Waals surface area contributed by atoms with Crippen molar-refractivity contribution in [2.45, 2.75) is 12.1 Å². The van der Waals surface area contributed by atoms with Crippen molar-refractivity contribution in [2.75, 3.05) is 0 Å². The molecular formula is C10H6F4O4. The fourth-order valence-electron chi connectivity index (χ4n) is 1.36. The van der Waals surface area contributed by atoms with Gasteiger partial charge in [-0.15, -0.1) is 0 Å². The highest BCUT2D eigenvalue weighted by Gasteiger charge is 2.38. The summed E-state index contributed by atoms with van der Waals surface area (Å²) in [5, 5.41) is 17.2. The van der Waals surface area contributed by atoms with Gasteiger partial charge in [0.1, 0.15) is 5.82 Å². The Kier molecular flexibility index (Phi) is 3.59. The molecule has 0 saturated carbocycles. The first-order valence-corrected chi connectivity index (χ1v) is 4.47. The molecule has 18 heavy (non-hydrogen) atoms. The molecule has 0 atom stereocenters. The molecular weight excluding hydrogens is 260 g/mol. The summed E-state index contributed by atoms with van der Waals surface area (Å²) in [6, 6.07) is 1.84. The normalized spacial score (nSPS) is 11.6. The summed E-state index contributed by atoms with van der Waals surface area (Å²) >= 11 is 0. The molecule has 0 spiro atoms. The molecule has 1 aromatic rings. The van der Waals surface area contributed by atoms with Crippen LogP contribution in [-0.4, -0.2) is 22.2 Å². The standard InChI is InChI=1S/C10H6F4O4/c11-7-4(6(8(15)16)9(17)18)2-1-3-5(7)10(12,13)14/h1-3,6H,(H,15,16)(H,17,18). The third-order valence-electron chi connectivity index (χ3n) is 2.14. The van der Waals surface area contributed by atoms with Gasteiger partial charge in [-0.1, -0.05) is 12.1 Å². The van der Waals surface area contributed by atoms with Gasteiger partial charge in [-0.25, -0.2) is 4.39 Å². The van der Waals surface area contributed by atoms with E-state index in [2.05, 4.69) is 0 Å². The van der Waals surface area contributed by atoms with Gasteiger partial charge in [0.05, 0.1) is 5.56 Å². The molecule has 0 aliphatic carbocycles. The van der Waals surface area contributed by atoms with Crippen molar-refractivity contribution in [3.05, 3.63) is 35.1 Å². The molecule has 0 fully saturated rings. The molecule has 8 heteroatoms. The second kappa shape index (κ2) is 4.63. The number of benzene rings is 1. The van der Waals surface area contributed by atoms with Crippen LogP contribution >= 0.6 is 0 Å². The van der Waals surface area contributed by atoms with Crippen LogP contribution in [-0.2, 0) is 15.8 Å². The molecule has 0 radical (unpaired) electrons. The fraction of sp³-hybridized carbons (Fsp3) is 0.200. The van der Waals surface area contributed by atoms with E-state index in [9.17, 15) is 27.2 Å². The quantitative estimate of drug-likeness (QED) is 0.649. The van der Waals surface area contributed by atoms with Crippen molar-refractivity contribution in [3.8, 4) is 0 Å². The smallest absolute Gasteiger partial charge is 0.419 e. The minimum Gasteiger partial charge on any atom is -0.480 e. The Labute approximate surface area is 97.5 Å². The topological polar surface area (TPSA) is 74.6 Å². The summed E-state index contributed by atoms with van der Waals surface area (Å²) in [6.45, 7) is 0. The SMILES string of the molecule is O=C(O)C(C(=O)O)c1cccc(C(F)(F)F)c1F. The molecule has 0 unspecified atom stereocenters. The van der Waals surface area contributed by atoms with E-state index in [1.807, 2.05) is 0 Å². The van der Waals surface area contributed by atoms with Crippen molar-refractivity contribution in [1.29, 1.82) is 0 Å². The highest BCUT2D eigenvalue weighted by atomic mass is 19.4. The Bertz CT molecular complexity index is 481. The van der Waals surface area contributed by atoms with Crippen molar-refractivity contribution in [1.82, 2.24) is 0 Å². The summed E-state index contributed by atoms with van der Waals surface area (Å²) in [4.78, 5) is 21.3. The van der Waals surface area contributed by atoms with Gasteiger partial charge in [-0.2, -0.15) is 13.2 Å². The number of carboxylic acid groups (broad SMARTS) is 2. The van der Waals surface area contributed by atoms with Crippen LogP contribution in [0.5, 0.6) is 0 Å². The maximum atomic E-state index is 13.5. The van der Waals surface area contributed by atoms with Crippen molar-refractivity contribution >= 4 is 11.9 Å². The molecule has 1 aromatic carbocycles. The zero-order valence-electron chi connectivity index (χ0n) is 8.53. The van der Waals surface area contributed by atoms with Crippen LogP contribution in [0.2, 0.25) is 0 Å². The molecule has 2 N–H and O–H groups in total. The number of alkyl halides is 3. The van der Waals surface area contributed by atoms with Gasteiger partial charge < -0.3 is 10.2 Å². The third kappa shape index (κ3) is 2.58. The Morgan fingerprint density at radius 1 is 1.11 bits per heavy atom. The number of carboxylic acids is 2. The monoisotopic (exact) mass is 266 g/mol. The van der Waals surface area contributed by atoms with E-state index in [4.69, 9.17) is 10.2 Å². The van der Waals surface area contributed by atoms with E-state index in [0.29, 0.717) is 12.1 Å². The second-order valence-electron chi connectivity index (χ2n) is 3.32. The Hall–Kier alpha value is -2.12. The lowest BCUT2D eigenvalue weighted by atomic mass is 9.96. The maximum Gasteiger partial charge on any atom is 0.419 e. The van der Waals surface area contributed by atoms with Crippen molar-refractivity contribution in [2.24, 2.45) is 0 Å². The summed E-state index contributed by atoms with van der Waals surface area (Å²) in [5.41, 5.74) is -2.74. The second-order valence-corrected chi connectivity index (χ2v) is 3.32. The van der Waals surface area contributed by atoms with Gasteiger partial charge in [0, 0.05) is 5.56 Å². The molecule has 0 aliphatic heterocycles. The number of hydrogen-bond acceptors (Lipinski definition) is 2. The zero-order valence-corrected chi connectivity index (χ0v) is 8.53. The first-order chi connectivity index (χ1) is 8.16. The van der Waals surface area contributed by atoms with Gasteiger partial charge >= 0.3 is 18.1 Å². The van der Waals surface area contributed by atoms with Crippen LogP contribution in [0, 0.1) is 5.82 Å². The summed E-state index contributed by atoms with van der Waals surface area (Å²) in [7, 11) is 0. The largest absolute Gasteiger partial charge is 0.480 e. The maximum absolute atomic E-state index is 13.5. The highest BCUT2D eigenvalue weighted by Crippen LogP contribution is 2.34. The average Bonchev–Trinajstić information content (AvgIpc) is 2.17. The van der Waals surface area contributed by atoms with Crippen LogP contribution in [0.15, 0.2) is 18.2 Å². The molecule has 4 nitrogen and oxygen atoms in total. The van der Waals surface area contributed by atoms with Crippen LogP contribution in [0.25, 0.3) is 0 Å². The number of hydrogen-bond donors (Lipinski definition) is 2. The van der Waals surface area contributed by atoms with E-state index >= 15 is 0 Å². The first-order valence-electron chi connectivity index (χ1n) is 4.47. The van der Waals surface area contributed by atoms with Gasteiger partial charge in [-0.3, -0.25) is 9.59 Å². The molecule has 98 valence electrons. The number of carbonyl (C=O) groups is 2. The van der Waals surface area contributed by atoms with Crippen molar-refractivity contribution in [3.63, 3.8) is 0 Å². The number of rotatable bonds is 3. The molecule has 0 aliphatic rings. The average molecular weight is 266 g/mol. The summed E-state index contributed by atoms with van der Waals surface area (Å²) < 4.78 is 50.6. The third-order valence-corrected chi connectivity index (χ3v) is 2.14. The molecule has 1 rings (SSSR count). The van der Waals surface area contributed by atoms with Gasteiger partial charge in [-0.05, 0) is 6.07 Å². The van der Waals surface area contributed by atoms with E-state index in [-0.39, 0.29) is 0 Å². The molecule has 0 saturated heterocycles. The van der Waals surface area contributed by atoms with Crippen LogP contribution < -0.4 is 0 Å². The number of halogens is 4. The van der Waals surface area contributed by atoms with E-state index < -0.39 is 41.0 Å². The fourth-order valence-corrected chi connectivity index (χ4v) is 1.36. The van der Waals surface area contributed by atoms with Gasteiger partial charge in [0.15, 0.2) is 5.92 Å². The Morgan fingerprint density at radius 3 is 2.00 bits per heavy atom. The zero-order chi connectivity index (χ0) is 14.1. The summed E-state index contributed by atoms with van der Waals surface area (Å²) in [5.74, 6) is -8.16. The lowest BCUT2D eigenvalue weighted by Crippen LogP contribution is -2.23. The molecule has 0 aromatic heterocycles. The van der Waals surface area contributed by atoms with Crippen molar-refractivity contribution < 1.29 is 37.4 Å². The van der Waals surface area contributed by atoms with E-state index in [0.717, 1.165) is 6.07 Å². The minimum absolute atomic E-state index is 0.402. The summed E-state index contributed by atoms with van der Waals surface area (Å²) in [6.07, 6.45) is -5.03. The van der Waals surface area contributed by atoms with E-state index in [1.54, 1.807) is 0 Å². The number of aliphatic carboxylic acids is 2. The van der Waals surface area contributed by atoms with Crippen LogP contribution in [0.4, 0.5) is 17.6 Å². The lowest BCUT2D eigenvalue weighted by Gasteiger charge is -2.13. The first kappa shape index (κ1) is 13.9. The van der Waals surface area contributed by atoms with E-state index in [1.165, 1.54) is 0 Å². The Balaban J connectivity index is 3.43. The molecule has 0 heterocycles. The minimum atomic E-state index is -5.03. The van der Waals surface area contributed by atoms with Crippen LogP contribution in [0.1, 0.15) is 17.0 Å². The predicted octanol–water partition coefficient (Wildman–Crippen LogP) is 2.10. The Morgan fingerprint density at radius 2 is 1.61 bits per heavy atom.